The van der Waals surface area contributed by atoms with Crippen molar-refractivity contribution >= 4 is 23.5 Å². The highest BCUT2D eigenvalue weighted by atomic mass is 35.5. The van der Waals surface area contributed by atoms with E-state index in [9.17, 15) is 14.0 Å². The highest BCUT2D eigenvalue weighted by Gasteiger charge is 2.34. The molecule has 1 heterocycles. The molecule has 3 atom stereocenters. The predicted octanol–water partition coefficient (Wildman–Crippen LogP) is 4.00. The molecular weight excluding hydrogens is 459 g/mol. The summed E-state index contributed by atoms with van der Waals surface area (Å²) in [5.41, 5.74) is 5.57. The summed E-state index contributed by atoms with van der Waals surface area (Å²) >= 11 is 6.00. The molecule has 1 aliphatic carbocycles. The molecule has 0 spiro atoms. The average molecular weight is 497 g/mol. The Morgan fingerprint density at radius 3 is 2.71 bits per heavy atom. The van der Waals surface area contributed by atoms with Gasteiger partial charge in [0.2, 0.25) is 5.91 Å². The zero-order chi connectivity index (χ0) is 24.5. The van der Waals surface area contributed by atoms with E-state index in [4.69, 9.17) is 22.1 Å². The normalized spacial score (nSPS) is 21.1. The minimum Gasteiger partial charge on any atom is -0.368 e. The lowest BCUT2D eigenvalue weighted by molar-refractivity contribution is -0.126. The van der Waals surface area contributed by atoms with Gasteiger partial charge in [0.05, 0.1) is 11.1 Å². The zero-order valence-electron chi connectivity index (χ0n) is 20.0. The van der Waals surface area contributed by atoms with Gasteiger partial charge in [0.25, 0.3) is 0 Å². The van der Waals surface area contributed by atoms with Gasteiger partial charge in [-0.1, -0.05) is 55.8 Å². The van der Waals surface area contributed by atoms with Crippen LogP contribution in [-0.4, -0.2) is 56.2 Å². The molecule has 9 heteroatoms. The standard InChI is InChI=1S/C25H38ClFN4O3/c1-29-14-19(13-17-7-3-2-4-8-17)30-25(33)31-12-6-9-18(15-31)24(34-16-22(28)32)20-10-5-11-21(26)23(20)27/h5,10-11,17-19,24,29H,2-4,6-9,12-16H2,1H3,(H2,28,32)(H,30,33)/t18-,19+,24?/m1/s1. The Bertz CT molecular complexity index is 821. The third kappa shape index (κ3) is 7.55. The van der Waals surface area contributed by atoms with Crippen LogP contribution in [0, 0.1) is 17.7 Å². The molecule has 1 aromatic rings. The smallest absolute Gasteiger partial charge is 0.317 e. The van der Waals surface area contributed by atoms with Crippen LogP contribution in [0.4, 0.5) is 9.18 Å². The fourth-order valence-electron chi connectivity index (χ4n) is 5.36. The molecule has 0 radical (unpaired) electrons. The molecule has 1 aliphatic heterocycles. The fourth-order valence-corrected chi connectivity index (χ4v) is 5.55. The molecule has 1 saturated heterocycles. The average Bonchev–Trinajstić information content (AvgIpc) is 2.82. The van der Waals surface area contributed by atoms with E-state index in [0.717, 1.165) is 25.8 Å². The summed E-state index contributed by atoms with van der Waals surface area (Å²) in [5, 5.41) is 6.41. The lowest BCUT2D eigenvalue weighted by Crippen LogP contribution is -2.52. The van der Waals surface area contributed by atoms with Crippen molar-refractivity contribution in [2.45, 2.75) is 63.5 Å². The second-order valence-electron chi connectivity index (χ2n) is 9.63. The van der Waals surface area contributed by atoms with Crippen molar-refractivity contribution in [1.82, 2.24) is 15.5 Å². The van der Waals surface area contributed by atoms with Crippen LogP contribution in [0.25, 0.3) is 0 Å². The van der Waals surface area contributed by atoms with Crippen LogP contribution in [0.15, 0.2) is 18.2 Å². The van der Waals surface area contributed by atoms with Crippen molar-refractivity contribution in [1.29, 1.82) is 0 Å². The number of piperidine rings is 1. The molecule has 7 nitrogen and oxygen atoms in total. The second-order valence-corrected chi connectivity index (χ2v) is 10.0. The summed E-state index contributed by atoms with van der Waals surface area (Å²) in [5.74, 6) is -0.732. The Labute approximate surface area is 206 Å². The number of amides is 3. The van der Waals surface area contributed by atoms with Crippen LogP contribution in [0.2, 0.25) is 5.02 Å². The van der Waals surface area contributed by atoms with Crippen LogP contribution in [-0.2, 0) is 9.53 Å². The maximum atomic E-state index is 14.8. The molecule has 0 aromatic heterocycles. The number of carbonyl (C=O) groups is 2. The first-order valence-corrected chi connectivity index (χ1v) is 12.8. The molecule has 4 N–H and O–H groups in total. The van der Waals surface area contributed by atoms with Gasteiger partial charge in [0.15, 0.2) is 0 Å². The van der Waals surface area contributed by atoms with Crippen LogP contribution in [0.1, 0.15) is 63.0 Å². The minimum absolute atomic E-state index is 0.00629. The molecule has 1 aromatic carbocycles. The number of hydrogen-bond acceptors (Lipinski definition) is 4. The number of likely N-dealkylation sites (N-methyl/N-ethyl adjacent to an activating group) is 1. The fraction of sp³-hybridized carbons (Fsp3) is 0.680. The van der Waals surface area contributed by atoms with Gasteiger partial charge in [0.1, 0.15) is 12.4 Å². The second kappa shape index (κ2) is 13.3. The number of nitrogens with two attached hydrogens (primary N) is 1. The van der Waals surface area contributed by atoms with Gasteiger partial charge in [-0.3, -0.25) is 4.79 Å². The van der Waals surface area contributed by atoms with Crippen LogP contribution in [0.3, 0.4) is 0 Å². The highest BCUT2D eigenvalue weighted by molar-refractivity contribution is 6.30. The number of benzene rings is 1. The molecule has 2 aliphatic rings. The third-order valence-corrected chi connectivity index (χ3v) is 7.28. The largest absolute Gasteiger partial charge is 0.368 e. The number of hydrogen-bond donors (Lipinski definition) is 3. The Hall–Kier alpha value is -1.90. The summed E-state index contributed by atoms with van der Waals surface area (Å²) in [6, 6.07) is 4.69. The molecule has 2 fully saturated rings. The van der Waals surface area contributed by atoms with Crippen molar-refractivity contribution in [3.05, 3.63) is 34.6 Å². The first-order valence-electron chi connectivity index (χ1n) is 12.4. The van der Waals surface area contributed by atoms with Crippen LogP contribution < -0.4 is 16.4 Å². The van der Waals surface area contributed by atoms with E-state index >= 15 is 0 Å². The summed E-state index contributed by atoms with van der Waals surface area (Å²) < 4.78 is 20.6. The van der Waals surface area contributed by atoms with Crippen molar-refractivity contribution in [2.75, 3.05) is 33.3 Å². The van der Waals surface area contributed by atoms with E-state index in [0.29, 0.717) is 19.0 Å². The Morgan fingerprint density at radius 1 is 1.24 bits per heavy atom. The minimum atomic E-state index is -0.725. The topological polar surface area (TPSA) is 96.7 Å². The third-order valence-electron chi connectivity index (χ3n) is 6.99. The van der Waals surface area contributed by atoms with Crippen molar-refractivity contribution in [3.8, 4) is 0 Å². The number of rotatable bonds is 10. The van der Waals surface area contributed by atoms with E-state index in [1.165, 1.54) is 38.2 Å². The number of halogens is 2. The van der Waals surface area contributed by atoms with Gasteiger partial charge in [0, 0.05) is 37.2 Å². The summed E-state index contributed by atoms with van der Waals surface area (Å²) in [6.45, 7) is 1.41. The molecule has 34 heavy (non-hydrogen) atoms. The van der Waals surface area contributed by atoms with E-state index in [1.807, 2.05) is 7.05 Å². The zero-order valence-corrected chi connectivity index (χ0v) is 20.8. The Kier molecular flexibility index (Phi) is 10.4. The van der Waals surface area contributed by atoms with Gasteiger partial charge in [-0.25, -0.2) is 9.18 Å². The maximum absolute atomic E-state index is 14.8. The summed E-state index contributed by atoms with van der Waals surface area (Å²) in [7, 11) is 1.90. The van der Waals surface area contributed by atoms with E-state index in [1.54, 1.807) is 17.0 Å². The monoisotopic (exact) mass is 496 g/mol. The number of carbonyl (C=O) groups excluding carboxylic acids is 2. The lowest BCUT2D eigenvalue weighted by Gasteiger charge is -2.38. The Balaban J connectivity index is 1.68. The number of nitrogens with zero attached hydrogens (tertiary/aromatic N) is 1. The number of urea groups is 1. The van der Waals surface area contributed by atoms with Crippen LogP contribution >= 0.6 is 11.6 Å². The first kappa shape index (κ1) is 26.7. The number of primary amides is 1. The lowest BCUT2D eigenvalue weighted by atomic mass is 9.85. The molecule has 3 rings (SSSR count). The van der Waals surface area contributed by atoms with Crippen molar-refractivity contribution in [2.24, 2.45) is 17.6 Å². The van der Waals surface area contributed by atoms with Crippen LogP contribution in [0.5, 0.6) is 0 Å². The SMILES string of the molecule is CNC[C@H](CC1CCCCC1)NC(=O)N1CCC[C@@H](C(OCC(N)=O)c2cccc(Cl)c2F)C1. The summed E-state index contributed by atoms with van der Waals surface area (Å²) in [4.78, 5) is 26.4. The first-order chi connectivity index (χ1) is 16.4. The summed E-state index contributed by atoms with van der Waals surface area (Å²) in [6.07, 6.45) is 8.05. The molecule has 3 amide bonds. The van der Waals surface area contributed by atoms with E-state index in [-0.39, 0.29) is 35.2 Å². The quantitative estimate of drug-likeness (QED) is 0.456. The van der Waals surface area contributed by atoms with Crippen molar-refractivity contribution in [3.63, 3.8) is 0 Å². The van der Waals surface area contributed by atoms with Gasteiger partial charge < -0.3 is 26.0 Å². The van der Waals surface area contributed by atoms with Crippen molar-refractivity contribution < 1.29 is 18.7 Å². The Morgan fingerprint density at radius 2 is 2.00 bits per heavy atom. The maximum Gasteiger partial charge on any atom is 0.317 e. The molecule has 0 bridgehead atoms. The highest BCUT2D eigenvalue weighted by Crippen LogP contribution is 2.36. The van der Waals surface area contributed by atoms with E-state index < -0.39 is 17.8 Å². The number of likely N-dealkylation sites (tertiary alicyclic amines) is 1. The molecule has 190 valence electrons. The predicted molar refractivity (Wildman–Crippen MR) is 131 cm³/mol. The number of ether oxygens (including phenoxy) is 1. The molecule has 1 saturated carbocycles. The molecule has 1 unspecified atom stereocenters. The van der Waals surface area contributed by atoms with Gasteiger partial charge >= 0.3 is 6.03 Å². The van der Waals surface area contributed by atoms with Gasteiger partial charge in [-0.05, 0) is 38.3 Å². The van der Waals surface area contributed by atoms with Gasteiger partial charge in [-0.2, -0.15) is 0 Å². The van der Waals surface area contributed by atoms with E-state index in [2.05, 4.69) is 10.6 Å². The van der Waals surface area contributed by atoms with Gasteiger partial charge in [-0.15, -0.1) is 0 Å². The number of nitrogens with one attached hydrogen (secondary N) is 2. The molecular formula is C25H38ClFN4O3.